The lowest BCUT2D eigenvalue weighted by molar-refractivity contribution is 0.407. The lowest BCUT2D eigenvalue weighted by Crippen LogP contribution is -1.96. The van der Waals surface area contributed by atoms with Crippen molar-refractivity contribution in [2.75, 3.05) is 7.11 Å². The summed E-state index contributed by atoms with van der Waals surface area (Å²) < 4.78 is 11.1. The minimum Gasteiger partial charge on any atom is -0.496 e. The molecule has 0 bridgehead atoms. The Morgan fingerprint density at radius 3 is 2.60 bits per heavy atom. The van der Waals surface area contributed by atoms with E-state index in [9.17, 15) is 0 Å². The molecule has 1 N–H and O–H groups in total. The van der Waals surface area contributed by atoms with Gasteiger partial charge in [-0.3, -0.25) is 5.10 Å². The summed E-state index contributed by atoms with van der Waals surface area (Å²) in [6, 6.07) is 11.2. The van der Waals surface area contributed by atoms with Crippen LogP contribution in [0, 0.1) is 0 Å². The van der Waals surface area contributed by atoms with Gasteiger partial charge in [0.1, 0.15) is 23.4 Å². The van der Waals surface area contributed by atoms with Crippen molar-refractivity contribution in [3.8, 4) is 28.8 Å². The second kappa shape index (κ2) is 5.40. The van der Waals surface area contributed by atoms with Crippen molar-refractivity contribution in [3.63, 3.8) is 0 Å². The fourth-order valence-electron chi connectivity index (χ4n) is 1.82. The fourth-order valence-corrected chi connectivity index (χ4v) is 1.82. The van der Waals surface area contributed by atoms with Gasteiger partial charge in [0.2, 0.25) is 5.88 Å². The second-order valence-electron chi connectivity index (χ2n) is 3.94. The van der Waals surface area contributed by atoms with E-state index >= 15 is 0 Å². The summed E-state index contributed by atoms with van der Waals surface area (Å²) in [6.45, 7) is 0. The van der Waals surface area contributed by atoms with E-state index in [0.29, 0.717) is 28.8 Å². The molecule has 2 heterocycles. The van der Waals surface area contributed by atoms with Crippen LogP contribution in [0.1, 0.15) is 0 Å². The van der Waals surface area contributed by atoms with Gasteiger partial charge in [0.05, 0.1) is 7.11 Å². The molecule has 6 nitrogen and oxygen atoms in total. The van der Waals surface area contributed by atoms with E-state index in [2.05, 4.69) is 20.2 Å². The van der Waals surface area contributed by atoms with Crippen LogP contribution in [-0.2, 0) is 0 Å². The minimum absolute atomic E-state index is 0.410. The normalized spacial score (nSPS) is 10.2. The van der Waals surface area contributed by atoms with Gasteiger partial charge in [-0.1, -0.05) is 18.2 Å². The molecule has 0 aliphatic heterocycles. The number of nitrogens with zero attached hydrogens (tertiary/aromatic N) is 3. The van der Waals surface area contributed by atoms with Crippen molar-refractivity contribution < 1.29 is 9.47 Å². The molecule has 0 aliphatic rings. The molecular weight excluding hydrogens is 256 g/mol. The molecule has 3 aromatic rings. The first-order valence-corrected chi connectivity index (χ1v) is 6.00. The topological polar surface area (TPSA) is 72.9 Å². The molecule has 2 aromatic heterocycles. The van der Waals surface area contributed by atoms with E-state index in [4.69, 9.17) is 9.47 Å². The number of rotatable bonds is 4. The van der Waals surface area contributed by atoms with E-state index in [1.165, 1.54) is 6.33 Å². The Morgan fingerprint density at radius 1 is 1.05 bits per heavy atom. The maximum atomic E-state index is 5.80. The Labute approximate surface area is 115 Å². The molecule has 20 heavy (non-hydrogen) atoms. The number of nitrogens with one attached hydrogen (secondary N) is 1. The van der Waals surface area contributed by atoms with Crippen LogP contribution in [0.4, 0.5) is 0 Å². The van der Waals surface area contributed by atoms with Crippen molar-refractivity contribution in [2.24, 2.45) is 0 Å². The minimum atomic E-state index is 0.410. The van der Waals surface area contributed by atoms with Gasteiger partial charge in [0, 0.05) is 6.20 Å². The van der Waals surface area contributed by atoms with Gasteiger partial charge in [-0.25, -0.2) is 9.97 Å². The third-order valence-corrected chi connectivity index (χ3v) is 2.71. The number of pyridine rings is 1. The molecule has 0 fully saturated rings. The van der Waals surface area contributed by atoms with Crippen LogP contribution in [0.5, 0.6) is 17.4 Å². The highest BCUT2D eigenvalue weighted by Gasteiger charge is 2.17. The zero-order valence-electron chi connectivity index (χ0n) is 10.8. The maximum Gasteiger partial charge on any atom is 0.234 e. The SMILES string of the molecule is COc1ccnc(Oc2ccccc2)c1-c1ncn[nH]1. The van der Waals surface area contributed by atoms with E-state index in [-0.39, 0.29) is 0 Å². The number of methoxy groups -OCH3 is 1. The summed E-state index contributed by atoms with van der Waals surface area (Å²) >= 11 is 0. The molecule has 0 radical (unpaired) electrons. The predicted octanol–water partition coefficient (Wildman–Crippen LogP) is 2.67. The highest BCUT2D eigenvalue weighted by molar-refractivity contribution is 5.69. The van der Waals surface area contributed by atoms with Crippen LogP contribution in [0.15, 0.2) is 48.9 Å². The van der Waals surface area contributed by atoms with Gasteiger partial charge in [-0.05, 0) is 18.2 Å². The number of benzene rings is 1. The average Bonchev–Trinajstić information content (AvgIpc) is 3.02. The standard InChI is InChI=1S/C14H12N4O2/c1-19-11-7-8-15-14(12(11)13-16-9-17-18-13)20-10-5-3-2-4-6-10/h2-9H,1H3,(H,16,17,18). The highest BCUT2D eigenvalue weighted by atomic mass is 16.5. The average molecular weight is 268 g/mol. The first-order chi connectivity index (χ1) is 9.88. The first-order valence-electron chi connectivity index (χ1n) is 6.00. The number of hydrogen-bond acceptors (Lipinski definition) is 5. The lowest BCUT2D eigenvalue weighted by atomic mass is 10.2. The molecule has 0 saturated heterocycles. The number of H-pyrrole nitrogens is 1. The van der Waals surface area contributed by atoms with Crippen molar-refractivity contribution in [3.05, 3.63) is 48.9 Å². The molecule has 0 atom stereocenters. The van der Waals surface area contributed by atoms with Crippen LogP contribution >= 0.6 is 0 Å². The molecule has 3 rings (SSSR count). The quantitative estimate of drug-likeness (QED) is 0.787. The smallest absolute Gasteiger partial charge is 0.234 e. The van der Waals surface area contributed by atoms with Gasteiger partial charge in [-0.2, -0.15) is 5.10 Å². The van der Waals surface area contributed by atoms with Crippen LogP contribution in [-0.4, -0.2) is 27.3 Å². The Balaban J connectivity index is 2.07. The third-order valence-electron chi connectivity index (χ3n) is 2.71. The number of para-hydroxylation sites is 1. The summed E-state index contributed by atoms with van der Waals surface area (Å²) in [5.74, 6) is 2.25. The van der Waals surface area contributed by atoms with E-state index in [1.807, 2.05) is 30.3 Å². The van der Waals surface area contributed by atoms with E-state index < -0.39 is 0 Å². The first kappa shape index (κ1) is 12.2. The molecule has 6 heteroatoms. The number of hydrogen-bond donors (Lipinski definition) is 1. The molecule has 0 amide bonds. The molecule has 1 aromatic carbocycles. The summed E-state index contributed by atoms with van der Waals surface area (Å²) in [4.78, 5) is 8.38. The van der Waals surface area contributed by atoms with Crippen LogP contribution in [0.2, 0.25) is 0 Å². The summed E-state index contributed by atoms with van der Waals surface area (Å²) in [5.41, 5.74) is 0.636. The molecular formula is C14H12N4O2. The summed E-state index contributed by atoms with van der Waals surface area (Å²) in [7, 11) is 1.58. The van der Waals surface area contributed by atoms with Crippen LogP contribution in [0.25, 0.3) is 11.4 Å². The predicted molar refractivity (Wildman–Crippen MR) is 72.7 cm³/mol. The highest BCUT2D eigenvalue weighted by Crippen LogP contribution is 2.36. The number of ether oxygens (including phenoxy) is 2. The Morgan fingerprint density at radius 2 is 1.90 bits per heavy atom. The maximum absolute atomic E-state index is 5.80. The van der Waals surface area contributed by atoms with Crippen LogP contribution in [0.3, 0.4) is 0 Å². The van der Waals surface area contributed by atoms with Crippen molar-refractivity contribution in [1.82, 2.24) is 20.2 Å². The van der Waals surface area contributed by atoms with Crippen LogP contribution < -0.4 is 9.47 Å². The molecule has 0 saturated carbocycles. The van der Waals surface area contributed by atoms with Crippen molar-refractivity contribution in [2.45, 2.75) is 0 Å². The lowest BCUT2D eigenvalue weighted by Gasteiger charge is -2.11. The summed E-state index contributed by atoms with van der Waals surface area (Å²) in [5, 5.41) is 6.64. The van der Waals surface area contributed by atoms with Gasteiger partial charge in [-0.15, -0.1) is 0 Å². The fraction of sp³-hybridized carbons (Fsp3) is 0.0714. The second-order valence-corrected chi connectivity index (χ2v) is 3.94. The van der Waals surface area contributed by atoms with Crippen molar-refractivity contribution >= 4 is 0 Å². The molecule has 0 unspecified atom stereocenters. The number of aromatic nitrogens is 4. The zero-order chi connectivity index (χ0) is 13.8. The van der Waals surface area contributed by atoms with Gasteiger partial charge in [0.25, 0.3) is 0 Å². The third kappa shape index (κ3) is 2.31. The van der Waals surface area contributed by atoms with Gasteiger partial charge in [0.15, 0.2) is 5.82 Å². The van der Waals surface area contributed by atoms with E-state index in [0.717, 1.165) is 0 Å². The zero-order valence-corrected chi connectivity index (χ0v) is 10.8. The Bertz CT molecular complexity index is 684. The van der Waals surface area contributed by atoms with Gasteiger partial charge < -0.3 is 9.47 Å². The van der Waals surface area contributed by atoms with Crippen molar-refractivity contribution in [1.29, 1.82) is 0 Å². The summed E-state index contributed by atoms with van der Waals surface area (Å²) in [6.07, 6.45) is 3.05. The molecule has 100 valence electrons. The Hall–Kier alpha value is -2.89. The van der Waals surface area contributed by atoms with E-state index in [1.54, 1.807) is 19.4 Å². The van der Waals surface area contributed by atoms with Gasteiger partial charge >= 0.3 is 0 Å². The molecule has 0 spiro atoms. The Kier molecular flexibility index (Phi) is 3.28. The number of aromatic amines is 1. The monoisotopic (exact) mass is 268 g/mol. The largest absolute Gasteiger partial charge is 0.496 e. The molecule has 0 aliphatic carbocycles.